The van der Waals surface area contributed by atoms with Gasteiger partial charge in [0.15, 0.2) is 0 Å². The van der Waals surface area contributed by atoms with Crippen LogP contribution in [-0.2, 0) is 0 Å². The van der Waals surface area contributed by atoms with Gasteiger partial charge < -0.3 is 5.32 Å². The van der Waals surface area contributed by atoms with E-state index in [1.165, 1.54) is 31.3 Å². The molecule has 1 N–H and O–H groups in total. The van der Waals surface area contributed by atoms with Crippen molar-refractivity contribution in [2.45, 2.75) is 65.5 Å². The summed E-state index contributed by atoms with van der Waals surface area (Å²) in [6, 6.07) is 1.08. The molecule has 1 atom stereocenters. The summed E-state index contributed by atoms with van der Waals surface area (Å²) in [4.78, 5) is 0. The van der Waals surface area contributed by atoms with Gasteiger partial charge in [-0.05, 0) is 13.3 Å². The van der Waals surface area contributed by atoms with Gasteiger partial charge in [0.2, 0.25) is 0 Å². The van der Waals surface area contributed by atoms with Crippen molar-refractivity contribution in [3.63, 3.8) is 0 Å². The van der Waals surface area contributed by atoms with Gasteiger partial charge in [-0.1, -0.05) is 52.2 Å². The van der Waals surface area contributed by atoms with E-state index in [0.717, 1.165) is 0 Å². The first kappa shape index (κ1) is 12.7. The van der Waals surface area contributed by atoms with Crippen LogP contribution in [0.15, 0.2) is 12.2 Å². The third kappa shape index (κ3) is 6.83. The summed E-state index contributed by atoms with van der Waals surface area (Å²) >= 11 is 0. The molecule has 1 nitrogen and oxygen atoms in total. The van der Waals surface area contributed by atoms with Crippen molar-refractivity contribution >= 4 is 0 Å². The molecule has 0 aromatic heterocycles. The zero-order valence-corrected chi connectivity index (χ0v) is 9.69. The van der Waals surface area contributed by atoms with Gasteiger partial charge in [-0.15, -0.1) is 0 Å². The summed E-state index contributed by atoms with van der Waals surface area (Å²) in [7, 11) is 0. The van der Waals surface area contributed by atoms with Gasteiger partial charge in [-0.25, -0.2) is 0 Å². The Hall–Kier alpha value is -0.300. The lowest BCUT2D eigenvalue weighted by molar-refractivity contribution is 0.464. The van der Waals surface area contributed by atoms with Crippen LogP contribution in [-0.4, -0.2) is 12.1 Å². The Bertz CT molecular complexity index is 138. The third-order valence-electron chi connectivity index (χ3n) is 2.23. The molecule has 13 heavy (non-hydrogen) atoms. The second-order valence-electron chi connectivity index (χ2n) is 4.22. The Labute approximate surface area is 83.6 Å². The molecule has 1 heteroatoms. The fraction of sp³-hybridized carbons (Fsp3) is 0.833. The summed E-state index contributed by atoms with van der Waals surface area (Å²) in [5, 5.41) is 3.54. The Morgan fingerprint density at radius 3 is 2.31 bits per heavy atom. The van der Waals surface area contributed by atoms with E-state index in [1.54, 1.807) is 0 Å². The standard InChI is InChI=1S/C12H25N/c1-6-7-8-9-12(10(2)3)13-11(4)5/h11-13H,2,6-9H2,1,3-5H3. The molecule has 0 rings (SSSR count). The lowest BCUT2D eigenvalue weighted by atomic mass is 10.0. The number of nitrogens with one attached hydrogen (secondary N) is 1. The van der Waals surface area contributed by atoms with Crippen molar-refractivity contribution < 1.29 is 0 Å². The van der Waals surface area contributed by atoms with E-state index in [9.17, 15) is 0 Å². The molecule has 0 saturated carbocycles. The summed E-state index contributed by atoms with van der Waals surface area (Å²) in [6.07, 6.45) is 5.18. The highest BCUT2D eigenvalue weighted by molar-refractivity contribution is 5.01. The quantitative estimate of drug-likeness (QED) is 0.470. The van der Waals surface area contributed by atoms with Crippen LogP contribution >= 0.6 is 0 Å². The van der Waals surface area contributed by atoms with E-state index < -0.39 is 0 Å². The van der Waals surface area contributed by atoms with E-state index in [2.05, 4.69) is 39.6 Å². The number of hydrogen-bond donors (Lipinski definition) is 1. The molecule has 0 aliphatic carbocycles. The van der Waals surface area contributed by atoms with E-state index in [-0.39, 0.29) is 0 Å². The van der Waals surface area contributed by atoms with E-state index in [0.29, 0.717) is 12.1 Å². The van der Waals surface area contributed by atoms with Crippen molar-refractivity contribution in [1.29, 1.82) is 0 Å². The molecule has 0 aliphatic heterocycles. The van der Waals surface area contributed by atoms with Gasteiger partial charge in [0.25, 0.3) is 0 Å². The maximum atomic E-state index is 4.02. The molecule has 0 bridgehead atoms. The Morgan fingerprint density at radius 2 is 1.92 bits per heavy atom. The molecule has 0 heterocycles. The zero-order chi connectivity index (χ0) is 10.3. The van der Waals surface area contributed by atoms with Crippen LogP contribution in [0.4, 0.5) is 0 Å². The van der Waals surface area contributed by atoms with Crippen molar-refractivity contribution in [1.82, 2.24) is 5.32 Å². The molecule has 0 aromatic carbocycles. The average Bonchev–Trinajstić information content (AvgIpc) is 2.02. The Morgan fingerprint density at radius 1 is 1.31 bits per heavy atom. The predicted octanol–water partition coefficient (Wildman–Crippen LogP) is 3.51. The molecule has 78 valence electrons. The molecule has 0 amide bonds. The van der Waals surface area contributed by atoms with Gasteiger partial charge in [0.05, 0.1) is 0 Å². The summed E-state index contributed by atoms with van der Waals surface area (Å²) in [5.41, 5.74) is 1.27. The van der Waals surface area contributed by atoms with E-state index >= 15 is 0 Å². The van der Waals surface area contributed by atoms with Gasteiger partial charge >= 0.3 is 0 Å². The average molecular weight is 183 g/mol. The topological polar surface area (TPSA) is 12.0 Å². The van der Waals surface area contributed by atoms with Crippen LogP contribution in [0.1, 0.15) is 53.4 Å². The van der Waals surface area contributed by atoms with Crippen molar-refractivity contribution in [2.24, 2.45) is 0 Å². The van der Waals surface area contributed by atoms with Crippen LogP contribution in [0, 0.1) is 0 Å². The summed E-state index contributed by atoms with van der Waals surface area (Å²) in [6.45, 7) is 12.8. The first-order valence-corrected chi connectivity index (χ1v) is 5.49. The summed E-state index contributed by atoms with van der Waals surface area (Å²) < 4.78 is 0. The number of rotatable bonds is 7. The molecule has 0 fully saturated rings. The van der Waals surface area contributed by atoms with Crippen molar-refractivity contribution in [3.8, 4) is 0 Å². The molecule has 0 spiro atoms. The van der Waals surface area contributed by atoms with Crippen molar-refractivity contribution in [3.05, 3.63) is 12.2 Å². The monoisotopic (exact) mass is 183 g/mol. The highest BCUT2D eigenvalue weighted by Gasteiger charge is 2.09. The van der Waals surface area contributed by atoms with Crippen LogP contribution in [0.5, 0.6) is 0 Å². The second-order valence-corrected chi connectivity index (χ2v) is 4.22. The minimum atomic E-state index is 0.520. The molecular formula is C12H25N. The van der Waals surface area contributed by atoms with Gasteiger partial charge in [0.1, 0.15) is 0 Å². The zero-order valence-electron chi connectivity index (χ0n) is 9.69. The maximum absolute atomic E-state index is 4.02. The molecule has 0 radical (unpaired) electrons. The highest BCUT2D eigenvalue weighted by Crippen LogP contribution is 2.10. The lowest BCUT2D eigenvalue weighted by Gasteiger charge is -2.21. The SMILES string of the molecule is C=C(C)C(CCCCC)NC(C)C. The largest absolute Gasteiger partial charge is 0.308 e. The predicted molar refractivity (Wildman–Crippen MR) is 61.0 cm³/mol. The Kier molecular flexibility index (Phi) is 6.97. The minimum Gasteiger partial charge on any atom is -0.308 e. The van der Waals surface area contributed by atoms with E-state index in [1.807, 2.05) is 0 Å². The molecule has 1 unspecified atom stereocenters. The van der Waals surface area contributed by atoms with Crippen LogP contribution in [0.2, 0.25) is 0 Å². The van der Waals surface area contributed by atoms with E-state index in [4.69, 9.17) is 0 Å². The van der Waals surface area contributed by atoms with Crippen LogP contribution in [0.25, 0.3) is 0 Å². The van der Waals surface area contributed by atoms with Crippen LogP contribution in [0.3, 0.4) is 0 Å². The minimum absolute atomic E-state index is 0.520. The number of hydrogen-bond acceptors (Lipinski definition) is 1. The molecule has 0 aliphatic rings. The first-order chi connectivity index (χ1) is 6.07. The normalized spacial score (nSPS) is 13.3. The van der Waals surface area contributed by atoms with Crippen molar-refractivity contribution in [2.75, 3.05) is 0 Å². The van der Waals surface area contributed by atoms with Crippen LogP contribution < -0.4 is 5.32 Å². The third-order valence-corrected chi connectivity index (χ3v) is 2.23. The maximum Gasteiger partial charge on any atom is 0.0276 e. The van der Waals surface area contributed by atoms with Gasteiger partial charge in [-0.2, -0.15) is 0 Å². The molecule has 0 aromatic rings. The second kappa shape index (κ2) is 7.14. The summed E-state index contributed by atoms with van der Waals surface area (Å²) in [5.74, 6) is 0. The first-order valence-electron chi connectivity index (χ1n) is 5.49. The van der Waals surface area contributed by atoms with Gasteiger partial charge in [0, 0.05) is 12.1 Å². The smallest absolute Gasteiger partial charge is 0.0276 e. The van der Waals surface area contributed by atoms with Gasteiger partial charge in [-0.3, -0.25) is 0 Å². The lowest BCUT2D eigenvalue weighted by Crippen LogP contribution is -2.35. The molecular weight excluding hydrogens is 158 g/mol. The Balaban J connectivity index is 3.74. The fourth-order valence-electron chi connectivity index (χ4n) is 1.47. The number of unbranched alkanes of at least 4 members (excludes halogenated alkanes) is 2. The highest BCUT2D eigenvalue weighted by atomic mass is 14.9. The fourth-order valence-corrected chi connectivity index (χ4v) is 1.47. The molecule has 0 saturated heterocycles.